The topological polar surface area (TPSA) is 20.2 Å². The first-order chi connectivity index (χ1) is 10.1. The molecule has 0 aromatic rings. The van der Waals surface area contributed by atoms with E-state index in [-0.39, 0.29) is 6.10 Å². The van der Waals surface area contributed by atoms with Crippen LogP contribution in [0.5, 0.6) is 0 Å². The lowest BCUT2D eigenvalue weighted by Gasteiger charge is -2.53. The number of hydrogen-bond donors (Lipinski definition) is 1. The highest BCUT2D eigenvalue weighted by molar-refractivity contribution is 5.22. The van der Waals surface area contributed by atoms with Crippen LogP contribution in [0.25, 0.3) is 0 Å². The average molecular weight is 288 g/mol. The lowest BCUT2D eigenvalue weighted by atomic mass is 9.52. The Balaban J connectivity index is 1.61. The van der Waals surface area contributed by atoms with Crippen LogP contribution in [0.15, 0.2) is 11.6 Å². The van der Waals surface area contributed by atoms with Crippen molar-refractivity contribution in [3.63, 3.8) is 0 Å². The molecule has 1 heteroatoms. The van der Waals surface area contributed by atoms with E-state index < -0.39 is 0 Å². The molecule has 0 heterocycles. The van der Waals surface area contributed by atoms with Crippen molar-refractivity contribution in [3.8, 4) is 0 Å². The number of rotatable bonds is 1. The summed E-state index contributed by atoms with van der Waals surface area (Å²) in [7, 11) is 0. The first-order valence-corrected chi connectivity index (χ1v) is 9.51. The van der Waals surface area contributed by atoms with Gasteiger partial charge in [-0.15, -0.1) is 0 Å². The molecule has 4 rings (SSSR count). The Morgan fingerprint density at radius 2 is 2.05 bits per heavy atom. The largest absolute Gasteiger partial charge is 0.393 e. The molecule has 118 valence electrons. The maximum atomic E-state index is 9.96. The minimum atomic E-state index is -0.0555. The van der Waals surface area contributed by atoms with Crippen LogP contribution < -0.4 is 0 Å². The normalized spacial score (nSPS) is 52.6. The molecule has 4 aliphatic rings. The van der Waals surface area contributed by atoms with Gasteiger partial charge in [-0.2, -0.15) is 0 Å². The Morgan fingerprint density at radius 1 is 1.19 bits per heavy atom. The highest BCUT2D eigenvalue weighted by Crippen LogP contribution is 2.64. The van der Waals surface area contributed by atoms with Gasteiger partial charge in [0.1, 0.15) is 0 Å². The van der Waals surface area contributed by atoms with Crippen LogP contribution in [0.1, 0.15) is 71.6 Å². The van der Waals surface area contributed by atoms with Crippen LogP contribution in [0, 0.1) is 35.0 Å². The fourth-order valence-corrected chi connectivity index (χ4v) is 7.02. The van der Waals surface area contributed by atoms with Gasteiger partial charge in [-0.05, 0) is 86.4 Å². The molecule has 0 spiro atoms. The van der Waals surface area contributed by atoms with Gasteiger partial charge >= 0.3 is 0 Å². The zero-order chi connectivity index (χ0) is 14.6. The van der Waals surface area contributed by atoms with Crippen LogP contribution in [0.3, 0.4) is 0 Å². The van der Waals surface area contributed by atoms with E-state index in [1.54, 1.807) is 5.57 Å². The number of aliphatic hydroxyl groups excluding tert-OH is 1. The second-order valence-corrected chi connectivity index (χ2v) is 8.71. The van der Waals surface area contributed by atoms with Crippen molar-refractivity contribution in [2.75, 3.05) is 0 Å². The fourth-order valence-electron chi connectivity index (χ4n) is 7.02. The lowest BCUT2D eigenvalue weighted by Crippen LogP contribution is -2.45. The highest BCUT2D eigenvalue weighted by atomic mass is 16.3. The first kappa shape index (κ1) is 14.3. The van der Waals surface area contributed by atoms with E-state index in [1.165, 1.54) is 44.9 Å². The summed E-state index contributed by atoms with van der Waals surface area (Å²) in [6.07, 6.45) is 14.4. The molecule has 0 aromatic carbocycles. The third kappa shape index (κ3) is 2.06. The molecular formula is C20H32O. The van der Waals surface area contributed by atoms with Crippen LogP contribution >= 0.6 is 0 Å². The smallest absolute Gasteiger partial charge is 0.0580 e. The summed E-state index contributed by atoms with van der Waals surface area (Å²) in [5, 5.41) is 9.96. The quantitative estimate of drug-likeness (QED) is 0.677. The van der Waals surface area contributed by atoms with E-state index in [2.05, 4.69) is 19.9 Å². The maximum Gasteiger partial charge on any atom is 0.0580 e. The molecule has 0 aliphatic heterocycles. The number of fused-ring (bicyclic) bond motifs is 5. The second kappa shape index (κ2) is 5.11. The summed E-state index contributed by atoms with van der Waals surface area (Å²) < 4.78 is 0. The zero-order valence-corrected chi connectivity index (χ0v) is 13.9. The lowest BCUT2D eigenvalue weighted by molar-refractivity contribution is -0.00391. The molecule has 3 saturated carbocycles. The van der Waals surface area contributed by atoms with E-state index >= 15 is 0 Å². The first-order valence-electron chi connectivity index (χ1n) is 9.51. The molecule has 6 unspecified atom stereocenters. The molecule has 0 bridgehead atoms. The van der Waals surface area contributed by atoms with E-state index in [1.807, 2.05) is 0 Å². The number of hydrogen-bond acceptors (Lipinski definition) is 1. The van der Waals surface area contributed by atoms with Gasteiger partial charge in [-0.25, -0.2) is 0 Å². The predicted octanol–water partition coefficient (Wildman–Crippen LogP) is 4.95. The van der Waals surface area contributed by atoms with Gasteiger partial charge in [0.05, 0.1) is 6.10 Å². The van der Waals surface area contributed by atoms with Crippen LogP contribution in [0.2, 0.25) is 0 Å². The monoisotopic (exact) mass is 288 g/mol. The van der Waals surface area contributed by atoms with Gasteiger partial charge in [0.15, 0.2) is 0 Å². The molecule has 7 atom stereocenters. The Bertz CT molecular complexity index is 439. The predicted molar refractivity (Wildman–Crippen MR) is 86.9 cm³/mol. The molecule has 4 aliphatic carbocycles. The SMILES string of the molecule is CCC1CCC2C3CCC4CC(O)CC=C4C3CC[C@]12C. The molecule has 0 amide bonds. The highest BCUT2D eigenvalue weighted by Gasteiger charge is 2.55. The van der Waals surface area contributed by atoms with E-state index in [4.69, 9.17) is 0 Å². The molecule has 0 radical (unpaired) electrons. The van der Waals surface area contributed by atoms with Crippen molar-refractivity contribution in [2.45, 2.75) is 77.7 Å². The zero-order valence-electron chi connectivity index (χ0n) is 13.9. The summed E-state index contributed by atoms with van der Waals surface area (Å²) in [4.78, 5) is 0. The van der Waals surface area contributed by atoms with Crippen molar-refractivity contribution in [1.82, 2.24) is 0 Å². The third-order valence-corrected chi connectivity index (χ3v) is 8.06. The van der Waals surface area contributed by atoms with Gasteiger partial charge in [0.2, 0.25) is 0 Å². The van der Waals surface area contributed by atoms with Crippen LogP contribution in [-0.4, -0.2) is 11.2 Å². The summed E-state index contributed by atoms with van der Waals surface area (Å²) in [6.45, 7) is 5.03. The minimum Gasteiger partial charge on any atom is -0.393 e. The number of allylic oxidation sites excluding steroid dienone is 1. The third-order valence-electron chi connectivity index (χ3n) is 8.06. The van der Waals surface area contributed by atoms with E-state index in [0.717, 1.165) is 42.4 Å². The van der Waals surface area contributed by atoms with Crippen LogP contribution in [-0.2, 0) is 0 Å². The average Bonchev–Trinajstić information content (AvgIpc) is 2.83. The molecule has 0 aromatic heterocycles. The van der Waals surface area contributed by atoms with Crippen molar-refractivity contribution in [1.29, 1.82) is 0 Å². The Morgan fingerprint density at radius 3 is 2.86 bits per heavy atom. The summed E-state index contributed by atoms with van der Waals surface area (Å²) in [5.74, 6) is 4.56. The van der Waals surface area contributed by atoms with Crippen molar-refractivity contribution < 1.29 is 5.11 Å². The standard InChI is InChI=1S/C20H32O/c1-3-14-5-9-19-18-7-4-13-12-15(21)6-8-16(13)17(18)10-11-20(14,19)2/h8,13-15,17-19,21H,3-7,9-12H2,1-2H3/t13?,14?,15?,17?,18?,19?,20-/m1/s1. The molecule has 21 heavy (non-hydrogen) atoms. The van der Waals surface area contributed by atoms with Crippen molar-refractivity contribution in [3.05, 3.63) is 11.6 Å². The molecule has 1 N–H and O–H groups in total. The summed E-state index contributed by atoms with van der Waals surface area (Å²) in [6, 6.07) is 0. The van der Waals surface area contributed by atoms with E-state index in [0.29, 0.717) is 5.41 Å². The van der Waals surface area contributed by atoms with Crippen LogP contribution in [0.4, 0.5) is 0 Å². The number of aliphatic hydroxyl groups is 1. The van der Waals surface area contributed by atoms with E-state index in [9.17, 15) is 5.11 Å². The fraction of sp³-hybridized carbons (Fsp3) is 0.900. The molecule has 3 fully saturated rings. The minimum absolute atomic E-state index is 0.0555. The maximum absolute atomic E-state index is 9.96. The van der Waals surface area contributed by atoms with Crippen molar-refractivity contribution in [2.24, 2.45) is 35.0 Å². The van der Waals surface area contributed by atoms with Gasteiger partial charge in [-0.1, -0.05) is 31.9 Å². The van der Waals surface area contributed by atoms with Gasteiger partial charge < -0.3 is 5.11 Å². The van der Waals surface area contributed by atoms with Gasteiger partial charge in [0.25, 0.3) is 0 Å². The second-order valence-electron chi connectivity index (χ2n) is 8.71. The molecular weight excluding hydrogens is 256 g/mol. The summed E-state index contributed by atoms with van der Waals surface area (Å²) >= 11 is 0. The summed E-state index contributed by atoms with van der Waals surface area (Å²) in [5.41, 5.74) is 2.43. The Labute approximate surface area is 130 Å². The van der Waals surface area contributed by atoms with Crippen molar-refractivity contribution >= 4 is 0 Å². The Hall–Kier alpha value is -0.300. The van der Waals surface area contributed by atoms with Gasteiger partial charge in [0, 0.05) is 0 Å². The Kier molecular flexibility index (Phi) is 3.48. The molecule has 0 saturated heterocycles. The van der Waals surface area contributed by atoms with Gasteiger partial charge in [-0.3, -0.25) is 0 Å². The molecule has 1 nitrogen and oxygen atoms in total.